The van der Waals surface area contributed by atoms with Gasteiger partial charge in [0.25, 0.3) is 5.91 Å². The number of aryl methyl sites for hydroxylation is 1. The highest BCUT2D eigenvalue weighted by atomic mass is 16.5. The third-order valence-electron chi connectivity index (χ3n) is 6.39. The minimum absolute atomic E-state index is 0.0245. The molecule has 1 saturated heterocycles. The number of benzene rings is 2. The van der Waals surface area contributed by atoms with E-state index in [2.05, 4.69) is 38.8 Å². The fourth-order valence-electron chi connectivity index (χ4n) is 4.20. The summed E-state index contributed by atoms with van der Waals surface area (Å²) in [5, 5.41) is 11.9. The molecule has 3 heterocycles. The number of hydrogen-bond donors (Lipinski definition) is 2. The summed E-state index contributed by atoms with van der Waals surface area (Å²) in [7, 11) is 1.94. The molecule has 0 atom stereocenters. The normalized spacial score (nSPS) is 15.9. The number of carbonyl (C=O) groups is 1. The number of aromatic nitrogens is 4. The van der Waals surface area contributed by atoms with Gasteiger partial charge in [-0.2, -0.15) is 10.1 Å². The molecule has 2 N–H and O–H groups in total. The Morgan fingerprint density at radius 2 is 1.83 bits per heavy atom. The van der Waals surface area contributed by atoms with E-state index in [0.717, 1.165) is 53.8 Å². The maximum absolute atomic E-state index is 12.3. The van der Waals surface area contributed by atoms with Crippen LogP contribution >= 0.6 is 0 Å². The third kappa shape index (κ3) is 4.67. The van der Waals surface area contributed by atoms with E-state index in [-0.39, 0.29) is 5.91 Å². The topological polar surface area (TPSA) is 97.2 Å². The molecule has 9 heteroatoms. The van der Waals surface area contributed by atoms with Crippen molar-refractivity contribution < 1.29 is 9.53 Å². The SMILES string of the molecule is Cn1ncc2ccc(-c3cc(Nc4ccc(C(=O)NC5CC5)cc4)nc(N4CCOCC4)n3)cc21. The predicted octanol–water partition coefficient (Wildman–Crippen LogP) is 3.50. The fraction of sp³-hybridized carbons (Fsp3) is 0.308. The van der Waals surface area contributed by atoms with Gasteiger partial charge in [0.2, 0.25) is 5.95 Å². The lowest BCUT2D eigenvalue weighted by molar-refractivity contribution is 0.0951. The van der Waals surface area contributed by atoms with Gasteiger partial charge in [0.1, 0.15) is 5.82 Å². The van der Waals surface area contributed by atoms with Crippen molar-refractivity contribution in [2.45, 2.75) is 18.9 Å². The Morgan fingerprint density at radius 3 is 2.60 bits per heavy atom. The number of carbonyl (C=O) groups excluding carboxylic acids is 1. The number of nitrogens with zero attached hydrogens (tertiary/aromatic N) is 5. The van der Waals surface area contributed by atoms with Crippen molar-refractivity contribution in [1.82, 2.24) is 25.1 Å². The van der Waals surface area contributed by atoms with E-state index in [0.29, 0.717) is 36.6 Å². The van der Waals surface area contributed by atoms with Crippen molar-refractivity contribution in [2.24, 2.45) is 7.05 Å². The molecule has 0 spiro atoms. The van der Waals surface area contributed by atoms with Crippen LogP contribution in [0.15, 0.2) is 54.7 Å². The minimum Gasteiger partial charge on any atom is -0.378 e. The van der Waals surface area contributed by atoms with E-state index in [1.807, 2.05) is 48.3 Å². The Balaban J connectivity index is 1.31. The summed E-state index contributed by atoms with van der Waals surface area (Å²) in [6, 6.07) is 16.0. The Kier molecular flexibility index (Phi) is 5.54. The second-order valence-electron chi connectivity index (χ2n) is 9.03. The molecule has 2 aromatic heterocycles. The van der Waals surface area contributed by atoms with Gasteiger partial charge in [-0.3, -0.25) is 9.48 Å². The highest BCUT2D eigenvalue weighted by molar-refractivity contribution is 5.95. The van der Waals surface area contributed by atoms with E-state index >= 15 is 0 Å². The van der Waals surface area contributed by atoms with Gasteiger partial charge in [0, 0.05) is 54.4 Å². The minimum atomic E-state index is -0.0245. The van der Waals surface area contributed by atoms with Crippen LogP contribution in [-0.4, -0.2) is 58.0 Å². The first-order chi connectivity index (χ1) is 17.1. The van der Waals surface area contributed by atoms with Crippen LogP contribution in [0.3, 0.4) is 0 Å². The van der Waals surface area contributed by atoms with Gasteiger partial charge < -0.3 is 20.3 Å². The molecular weight excluding hydrogens is 442 g/mol. The zero-order valence-electron chi connectivity index (χ0n) is 19.6. The second kappa shape index (κ2) is 8.99. The van der Waals surface area contributed by atoms with Gasteiger partial charge in [-0.05, 0) is 43.2 Å². The first-order valence-electron chi connectivity index (χ1n) is 11.9. The summed E-state index contributed by atoms with van der Waals surface area (Å²) in [5.41, 5.74) is 4.38. The maximum Gasteiger partial charge on any atom is 0.251 e. The average Bonchev–Trinajstić information content (AvgIpc) is 3.64. The summed E-state index contributed by atoms with van der Waals surface area (Å²) in [5.74, 6) is 1.33. The predicted molar refractivity (Wildman–Crippen MR) is 135 cm³/mol. The number of nitrogens with one attached hydrogen (secondary N) is 2. The molecule has 0 radical (unpaired) electrons. The highest BCUT2D eigenvalue weighted by Gasteiger charge is 2.23. The monoisotopic (exact) mass is 469 g/mol. The van der Waals surface area contributed by atoms with E-state index < -0.39 is 0 Å². The highest BCUT2D eigenvalue weighted by Crippen LogP contribution is 2.28. The molecule has 4 aromatic rings. The lowest BCUT2D eigenvalue weighted by atomic mass is 10.1. The standard InChI is InChI=1S/C26H27N7O2/c1-32-23-14-18(2-3-19(23)16-27-32)22-15-24(31-26(30-22)33-10-12-35-13-11-33)28-20-6-4-17(5-7-20)25(34)29-21-8-9-21/h2-7,14-16,21H,8-13H2,1H3,(H,29,34)(H,28,30,31). The summed E-state index contributed by atoms with van der Waals surface area (Å²) in [6.07, 6.45) is 4.00. The molecule has 2 aromatic carbocycles. The molecule has 35 heavy (non-hydrogen) atoms. The van der Waals surface area contributed by atoms with E-state index in [1.165, 1.54) is 0 Å². The molecule has 0 unspecified atom stereocenters. The number of amides is 1. The smallest absolute Gasteiger partial charge is 0.251 e. The second-order valence-corrected chi connectivity index (χ2v) is 9.03. The Hall–Kier alpha value is -3.98. The molecule has 1 saturated carbocycles. The number of fused-ring (bicyclic) bond motifs is 1. The molecule has 178 valence electrons. The number of hydrogen-bond acceptors (Lipinski definition) is 7. The lowest BCUT2D eigenvalue weighted by Gasteiger charge is -2.27. The third-order valence-corrected chi connectivity index (χ3v) is 6.39. The van der Waals surface area contributed by atoms with Crippen LogP contribution in [0, 0.1) is 0 Å². The van der Waals surface area contributed by atoms with Crippen molar-refractivity contribution in [3.05, 3.63) is 60.3 Å². The zero-order chi connectivity index (χ0) is 23.8. The fourth-order valence-corrected chi connectivity index (χ4v) is 4.20. The van der Waals surface area contributed by atoms with Gasteiger partial charge in [-0.1, -0.05) is 12.1 Å². The van der Waals surface area contributed by atoms with Crippen LogP contribution in [0.2, 0.25) is 0 Å². The Morgan fingerprint density at radius 1 is 1.03 bits per heavy atom. The average molecular weight is 470 g/mol. The quantitative estimate of drug-likeness (QED) is 0.446. The number of rotatable bonds is 6. The van der Waals surface area contributed by atoms with Crippen LogP contribution in [0.1, 0.15) is 23.2 Å². The Labute approximate surface area is 203 Å². The number of morpholine rings is 1. The molecule has 2 fully saturated rings. The molecule has 6 rings (SSSR count). The summed E-state index contributed by atoms with van der Waals surface area (Å²) >= 11 is 0. The first-order valence-corrected chi connectivity index (χ1v) is 11.9. The molecule has 1 amide bonds. The molecule has 2 aliphatic rings. The molecule has 9 nitrogen and oxygen atoms in total. The van der Waals surface area contributed by atoms with Crippen molar-refractivity contribution in [3.63, 3.8) is 0 Å². The van der Waals surface area contributed by atoms with Crippen LogP contribution in [-0.2, 0) is 11.8 Å². The van der Waals surface area contributed by atoms with Crippen molar-refractivity contribution in [3.8, 4) is 11.3 Å². The number of ether oxygens (including phenoxy) is 1. The van der Waals surface area contributed by atoms with Crippen LogP contribution in [0.4, 0.5) is 17.5 Å². The van der Waals surface area contributed by atoms with Crippen molar-refractivity contribution >= 4 is 34.3 Å². The largest absolute Gasteiger partial charge is 0.378 e. The van der Waals surface area contributed by atoms with Crippen molar-refractivity contribution in [1.29, 1.82) is 0 Å². The van der Waals surface area contributed by atoms with Crippen LogP contribution < -0.4 is 15.5 Å². The molecule has 1 aliphatic heterocycles. The zero-order valence-corrected chi connectivity index (χ0v) is 19.6. The number of anilines is 3. The van der Waals surface area contributed by atoms with Crippen molar-refractivity contribution in [2.75, 3.05) is 36.5 Å². The van der Waals surface area contributed by atoms with E-state index in [9.17, 15) is 4.79 Å². The van der Waals surface area contributed by atoms with Crippen LogP contribution in [0.25, 0.3) is 22.2 Å². The van der Waals surface area contributed by atoms with Crippen LogP contribution in [0.5, 0.6) is 0 Å². The maximum atomic E-state index is 12.3. The van der Waals surface area contributed by atoms with Gasteiger partial charge in [-0.25, -0.2) is 4.98 Å². The van der Waals surface area contributed by atoms with Gasteiger partial charge in [0.05, 0.1) is 30.6 Å². The Bertz CT molecular complexity index is 1370. The molecular formula is C26H27N7O2. The van der Waals surface area contributed by atoms with Gasteiger partial charge >= 0.3 is 0 Å². The molecule has 0 bridgehead atoms. The van der Waals surface area contributed by atoms with Gasteiger partial charge in [-0.15, -0.1) is 0 Å². The van der Waals surface area contributed by atoms with Gasteiger partial charge in [0.15, 0.2) is 0 Å². The first kappa shape index (κ1) is 21.5. The van der Waals surface area contributed by atoms with E-state index in [4.69, 9.17) is 14.7 Å². The summed E-state index contributed by atoms with van der Waals surface area (Å²) < 4.78 is 7.38. The summed E-state index contributed by atoms with van der Waals surface area (Å²) in [6.45, 7) is 2.80. The lowest BCUT2D eigenvalue weighted by Crippen LogP contribution is -2.37. The van der Waals surface area contributed by atoms with E-state index in [1.54, 1.807) is 0 Å². The summed E-state index contributed by atoms with van der Waals surface area (Å²) in [4.78, 5) is 24.2. The molecule has 1 aliphatic carbocycles.